The molecule has 2 heterocycles. The Labute approximate surface area is 81.3 Å². The van der Waals surface area contributed by atoms with Crippen LogP contribution in [-0.2, 0) is 4.74 Å². The maximum absolute atomic E-state index is 5.42. The summed E-state index contributed by atoms with van der Waals surface area (Å²) in [5.41, 5.74) is 0.515. The molecular formula is C11H21NO. The highest BCUT2D eigenvalue weighted by Gasteiger charge is 2.49. The standard InChI is InChI=1S/C11H21NO/c1-9(2)10-4-5-12(3)6-11(10)7-13-8-11/h9-10H,4-8H2,1-3H3. The lowest BCUT2D eigenvalue weighted by Crippen LogP contribution is -2.59. The Morgan fingerprint density at radius 3 is 2.54 bits per heavy atom. The van der Waals surface area contributed by atoms with E-state index >= 15 is 0 Å². The molecule has 1 spiro atoms. The van der Waals surface area contributed by atoms with Crippen molar-refractivity contribution in [1.29, 1.82) is 0 Å². The molecule has 0 N–H and O–H groups in total. The summed E-state index contributed by atoms with van der Waals surface area (Å²) in [6, 6.07) is 0. The van der Waals surface area contributed by atoms with E-state index in [0.717, 1.165) is 25.0 Å². The van der Waals surface area contributed by atoms with Crippen LogP contribution >= 0.6 is 0 Å². The Bertz CT molecular complexity index is 187. The van der Waals surface area contributed by atoms with E-state index in [1.54, 1.807) is 0 Å². The van der Waals surface area contributed by atoms with Gasteiger partial charge in [0.1, 0.15) is 0 Å². The van der Waals surface area contributed by atoms with Gasteiger partial charge in [-0.3, -0.25) is 0 Å². The molecule has 2 saturated heterocycles. The van der Waals surface area contributed by atoms with E-state index < -0.39 is 0 Å². The molecule has 0 radical (unpaired) electrons. The van der Waals surface area contributed by atoms with Gasteiger partial charge >= 0.3 is 0 Å². The minimum absolute atomic E-state index is 0.515. The van der Waals surface area contributed by atoms with Crippen molar-refractivity contribution in [2.45, 2.75) is 20.3 Å². The molecule has 2 nitrogen and oxygen atoms in total. The van der Waals surface area contributed by atoms with Crippen LogP contribution in [0.4, 0.5) is 0 Å². The first-order valence-electron chi connectivity index (χ1n) is 5.40. The van der Waals surface area contributed by atoms with Gasteiger partial charge in [-0.2, -0.15) is 0 Å². The number of nitrogens with zero attached hydrogens (tertiary/aromatic N) is 1. The average molecular weight is 183 g/mol. The number of piperidine rings is 1. The van der Waals surface area contributed by atoms with Crippen LogP contribution in [0.15, 0.2) is 0 Å². The molecule has 0 aliphatic carbocycles. The van der Waals surface area contributed by atoms with Gasteiger partial charge in [0.05, 0.1) is 13.2 Å². The van der Waals surface area contributed by atoms with Gasteiger partial charge in [0.15, 0.2) is 0 Å². The third kappa shape index (κ3) is 1.50. The Balaban J connectivity index is 2.08. The van der Waals surface area contributed by atoms with Gasteiger partial charge in [0.25, 0.3) is 0 Å². The van der Waals surface area contributed by atoms with Crippen LogP contribution < -0.4 is 0 Å². The summed E-state index contributed by atoms with van der Waals surface area (Å²) in [5, 5.41) is 0. The van der Waals surface area contributed by atoms with Gasteiger partial charge in [-0.25, -0.2) is 0 Å². The lowest BCUT2D eigenvalue weighted by molar-refractivity contribution is -0.181. The molecule has 0 aromatic rings. The molecule has 2 aliphatic rings. The number of hydrogen-bond donors (Lipinski definition) is 0. The summed E-state index contributed by atoms with van der Waals surface area (Å²) in [6.07, 6.45) is 1.36. The minimum Gasteiger partial charge on any atom is -0.380 e. The zero-order valence-electron chi connectivity index (χ0n) is 9.05. The molecule has 2 aliphatic heterocycles. The fourth-order valence-corrected chi connectivity index (χ4v) is 3.11. The molecule has 2 heteroatoms. The van der Waals surface area contributed by atoms with Crippen LogP contribution in [0.5, 0.6) is 0 Å². The lowest BCUT2D eigenvalue weighted by Gasteiger charge is -2.54. The van der Waals surface area contributed by atoms with Crippen molar-refractivity contribution in [2.75, 3.05) is 33.4 Å². The molecule has 76 valence electrons. The first kappa shape index (κ1) is 9.47. The highest BCUT2D eigenvalue weighted by Crippen LogP contribution is 2.44. The number of hydrogen-bond acceptors (Lipinski definition) is 2. The molecule has 0 saturated carbocycles. The molecule has 0 amide bonds. The average Bonchev–Trinajstić information content (AvgIpc) is 2.00. The number of likely N-dealkylation sites (tertiary alicyclic amines) is 1. The molecule has 0 aromatic heterocycles. The largest absolute Gasteiger partial charge is 0.380 e. The topological polar surface area (TPSA) is 12.5 Å². The molecular weight excluding hydrogens is 162 g/mol. The Morgan fingerprint density at radius 2 is 2.08 bits per heavy atom. The predicted molar refractivity (Wildman–Crippen MR) is 53.7 cm³/mol. The van der Waals surface area contributed by atoms with E-state index in [0.29, 0.717) is 5.41 Å². The van der Waals surface area contributed by atoms with E-state index in [-0.39, 0.29) is 0 Å². The molecule has 1 unspecified atom stereocenters. The number of rotatable bonds is 1. The summed E-state index contributed by atoms with van der Waals surface area (Å²) in [5.74, 6) is 1.70. The van der Waals surface area contributed by atoms with Crippen molar-refractivity contribution in [3.8, 4) is 0 Å². The van der Waals surface area contributed by atoms with Crippen LogP contribution in [0, 0.1) is 17.3 Å². The summed E-state index contributed by atoms with van der Waals surface area (Å²) in [4.78, 5) is 2.46. The Kier molecular flexibility index (Phi) is 2.37. The van der Waals surface area contributed by atoms with Crippen LogP contribution in [0.25, 0.3) is 0 Å². The molecule has 1 atom stereocenters. The fraction of sp³-hybridized carbons (Fsp3) is 1.00. The second kappa shape index (κ2) is 3.25. The Morgan fingerprint density at radius 1 is 1.38 bits per heavy atom. The molecule has 0 aromatic carbocycles. The van der Waals surface area contributed by atoms with Gasteiger partial charge in [0, 0.05) is 12.0 Å². The van der Waals surface area contributed by atoms with E-state index in [9.17, 15) is 0 Å². The second-order valence-electron chi connectivity index (χ2n) is 5.23. The van der Waals surface area contributed by atoms with Crippen LogP contribution in [0.2, 0.25) is 0 Å². The Hall–Kier alpha value is -0.0800. The maximum Gasteiger partial charge on any atom is 0.0559 e. The summed E-state index contributed by atoms with van der Waals surface area (Å²) < 4.78 is 5.42. The van der Waals surface area contributed by atoms with Gasteiger partial charge in [-0.1, -0.05) is 13.8 Å². The van der Waals surface area contributed by atoms with Crippen molar-refractivity contribution < 1.29 is 4.74 Å². The highest BCUT2D eigenvalue weighted by atomic mass is 16.5. The van der Waals surface area contributed by atoms with Gasteiger partial charge in [-0.15, -0.1) is 0 Å². The van der Waals surface area contributed by atoms with E-state index in [2.05, 4.69) is 25.8 Å². The van der Waals surface area contributed by atoms with Gasteiger partial charge in [0.2, 0.25) is 0 Å². The zero-order valence-corrected chi connectivity index (χ0v) is 9.05. The van der Waals surface area contributed by atoms with E-state index in [1.165, 1.54) is 19.5 Å². The quantitative estimate of drug-likeness (QED) is 0.612. The van der Waals surface area contributed by atoms with Crippen molar-refractivity contribution >= 4 is 0 Å². The van der Waals surface area contributed by atoms with Crippen LogP contribution in [0.3, 0.4) is 0 Å². The SMILES string of the molecule is CC(C)C1CCN(C)CC12COC2. The maximum atomic E-state index is 5.42. The normalized spacial score (nSPS) is 33.7. The first-order chi connectivity index (χ1) is 6.14. The third-order valence-electron chi connectivity index (χ3n) is 3.78. The summed E-state index contributed by atoms with van der Waals surface area (Å²) in [6.45, 7) is 9.23. The zero-order chi connectivity index (χ0) is 9.47. The summed E-state index contributed by atoms with van der Waals surface area (Å²) >= 11 is 0. The molecule has 2 rings (SSSR count). The molecule has 13 heavy (non-hydrogen) atoms. The van der Waals surface area contributed by atoms with Crippen molar-refractivity contribution in [3.05, 3.63) is 0 Å². The van der Waals surface area contributed by atoms with Crippen LogP contribution in [0.1, 0.15) is 20.3 Å². The smallest absolute Gasteiger partial charge is 0.0559 e. The summed E-state index contributed by atoms with van der Waals surface area (Å²) in [7, 11) is 2.23. The minimum atomic E-state index is 0.515. The fourth-order valence-electron chi connectivity index (χ4n) is 3.11. The van der Waals surface area contributed by atoms with E-state index in [1.807, 2.05) is 0 Å². The highest BCUT2D eigenvalue weighted by molar-refractivity contribution is 4.98. The molecule has 2 fully saturated rings. The van der Waals surface area contributed by atoms with Crippen molar-refractivity contribution in [3.63, 3.8) is 0 Å². The van der Waals surface area contributed by atoms with Gasteiger partial charge in [-0.05, 0) is 31.8 Å². The molecule has 0 bridgehead atoms. The van der Waals surface area contributed by atoms with Crippen molar-refractivity contribution in [2.24, 2.45) is 17.3 Å². The second-order valence-corrected chi connectivity index (χ2v) is 5.23. The van der Waals surface area contributed by atoms with E-state index in [4.69, 9.17) is 4.74 Å². The predicted octanol–water partition coefficient (Wildman–Crippen LogP) is 1.61. The first-order valence-corrected chi connectivity index (χ1v) is 5.40. The monoisotopic (exact) mass is 183 g/mol. The number of ether oxygens (including phenoxy) is 1. The van der Waals surface area contributed by atoms with Crippen molar-refractivity contribution in [1.82, 2.24) is 4.90 Å². The third-order valence-corrected chi connectivity index (χ3v) is 3.78. The lowest BCUT2D eigenvalue weighted by atomic mass is 9.65. The van der Waals surface area contributed by atoms with Gasteiger partial charge < -0.3 is 9.64 Å². The van der Waals surface area contributed by atoms with Crippen LogP contribution in [-0.4, -0.2) is 38.3 Å².